The molecule has 5 heteroatoms. The molecule has 0 bridgehead atoms. The molecule has 2 fully saturated rings. The molecule has 1 amide bonds. The maximum absolute atomic E-state index is 12.6. The number of carboxylic acids is 1. The van der Waals surface area contributed by atoms with Crippen LogP contribution in [0.4, 0.5) is 0 Å². The van der Waals surface area contributed by atoms with Crippen molar-refractivity contribution in [2.24, 2.45) is 17.8 Å². The highest BCUT2D eigenvalue weighted by molar-refractivity contribution is 7.98. The number of rotatable bonds is 6. The first kappa shape index (κ1) is 16.4. The number of fused-ring (bicyclic) bond motifs is 1. The summed E-state index contributed by atoms with van der Waals surface area (Å²) in [4.78, 5) is 24.8. The van der Waals surface area contributed by atoms with Gasteiger partial charge in [-0.05, 0) is 48.6 Å². The van der Waals surface area contributed by atoms with Gasteiger partial charge in [0.05, 0.1) is 12.5 Å². The molecular formula is C18H23NO3S. The van der Waals surface area contributed by atoms with Crippen molar-refractivity contribution in [2.75, 3.05) is 6.26 Å². The second-order valence-corrected chi connectivity index (χ2v) is 7.45. The van der Waals surface area contributed by atoms with Crippen molar-refractivity contribution in [2.45, 2.75) is 43.0 Å². The highest BCUT2D eigenvalue weighted by atomic mass is 32.2. The number of carbonyl (C=O) groups is 2. The van der Waals surface area contributed by atoms with Gasteiger partial charge < -0.3 is 10.4 Å². The minimum Gasteiger partial charge on any atom is -0.481 e. The molecule has 1 aromatic carbocycles. The van der Waals surface area contributed by atoms with Gasteiger partial charge in [0, 0.05) is 10.8 Å². The Kier molecular flexibility index (Phi) is 4.95. The number of carbonyl (C=O) groups excluding carboxylic acids is 1. The number of hydrogen-bond donors (Lipinski definition) is 2. The van der Waals surface area contributed by atoms with E-state index in [1.165, 1.54) is 12.8 Å². The van der Waals surface area contributed by atoms with Gasteiger partial charge in [0.25, 0.3) is 0 Å². The molecule has 3 atom stereocenters. The molecule has 2 N–H and O–H groups in total. The minimum absolute atomic E-state index is 0.0436. The Balaban J connectivity index is 1.68. The van der Waals surface area contributed by atoms with E-state index in [0.29, 0.717) is 11.8 Å². The number of benzene rings is 1. The van der Waals surface area contributed by atoms with Crippen LogP contribution in [0.15, 0.2) is 29.2 Å². The Bertz CT molecular complexity index is 574. The summed E-state index contributed by atoms with van der Waals surface area (Å²) in [5.74, 6) is 0.333. The summed E-state index contributed by atoms with van der Waals surface area (Å²) in [6.07, 6.45) is 6.66. The molecule has 0 radical (unpaired) electrons. The third-order valence-electron chi connectivity index (χ3n) is 5.17. The lowest BCUT2D eigenvalue weighted by Crippen LogP contribution is -2.32. The van der Waals surface area contributed by atoms with E-state index in [0.717, 1.165) is 23.3 Å². The number of thioether (sulfide) groups is 1. The smallest absolute Gasteiger partial charge is 0.305 e. The minimum atomic E-state index is -0.891. The van der Waals surface area contributed by atoms with Crippen LogP contribution in [0.5, 0.6) is 0 Å². The summed E-state index contributed by atoms with van der Waals surface area (Å²) in [5.41, 5.74) is 0.863. The summed E-state index contributed by atoms with van der Waals surface area (Å²) in [6, 6.07) is 7.33. The van der Waals surface area contributed by atoms with Crippen molar-refractivity contribution in [1.82, 2.24) is 5.32 Å². The largest absolute Gasteiger partial charge is 0.481 e. The molecule has 0 heterocycles. The van der Waals surface area contributed by atoms with Crippen LogP contribution in [0.25, 0.3) is 0 Å². The van der Waals surface area contributed by atoms with E-state index in [1.54, 1.807) is 11.8 Å². The first-order valence-corrected chi connectivity index (χ1v) is 9.48. The van der Waals surface area contributed by atoms with E-state index >= 15 is 0 Å². The Morgan fingerprint density at radius 1 is 1.22 bits per heavy atom. The Labute approximate surface area is 141 Å². The predicted molar refractivity (Wildman–Crippen MR) is 90.3 cm³/mol. The fourth-order valence-corrected chi connectivity index (χ4v) is 4.32. The van der Waals surface area contributed by atoms with E-state index in [-0.39, 0.29) is 18.2 Å². The van der Waals surface area contributed by atoms with Gasteiger partial charge in [-0.25, -0.2) is 0 Å². The lowest BCUT2D eigenvalue weighted by Gasteiger charge is -2.18. The highest BCUT2D eigenvalue weighted by Gasteiger charge is 2.54. The lowest BCUT2D eigenvalue weighted by molar-refractivity contribution is -0.137. The van der Waals surface area contributed by atoms with Crippen molar-refractivity contribution >= 4 is 23.6 Å². The van der Waals surface area contributed by atoms with Crippen molar-refractivity contribution in [3.05, 3.63) is 29.8 Å². The monoisotopic (exact) mass is 333 g/mol. The molecule has 3 rings (SSSR count). The van der Waals surface area contributed by atoms with Crippen LogP contribution < -0.4 is 5.32 Å². The van der Waals surface area contributed by atoms with Crippen molar-refractivity contribution in [3.63, 3.8) is 0 Å². The second kappa shape index (κ2) is 6.95. The number of aliphatic carboxylic acids is 1. The number of carboxylic acid groups (broad SMARTS) is 1. The molecule has 4 nitrogen and oxygen atoms in total. The summed E-state index contributed by atoms with van der Waals surface area (Å²) in [7, 11) is 0. The quantitative estimate of drug-likeness (QED) is 0.782. The third-order valence-corrected chi connectivity index (χ3v) is 5.92. The van der Waals surface area contributed by atoms with E-state index < -0.39 is 12.0 Å². The van der Waals surface area contributed by atoms with E-state index in [9.17, 15) is 9.59 Å². The molecular weight excluding hydrogens is 310 g/mol. The average molecular weight is 333 g/mol. The molecule has 124 valence electrons. The molecule has 0 spiro atoms. The van der Waals surface area contributed by atoms with Crippen LogP contribution in [0.1, 0.15) is 43.7 Å². The summed E-state index contributed by atoms with van der Waals surface area (Å²) in [5, 5.41) is 12.2. The van der Waals surface area contributed by atoms with Gasteiger partial charge >= 0.3 is 5.97 Å². The van der Waals surface area contributed by atoms with Crippen LogP contribution in [-0.2, 0) is 9.59 Å². The van der Waals surface area contributed by atoms with Gasteiger partial charge in [-0.3, -0.25) is 9.59 Å². The summed E-state index contributed by atoms with van der Waals surface area (Å²) in [6.45, 7) is 0. The van der Waals surface area contributed by atoms with Gasteiger partial charge in [-0.15, -0.1) is 11.8 Å². The maximum atomic E-state index is 12.6. The first-order chi connectivity index (χ1) is 11.1. The van der Waals surface area contributed by atoms with E-state index in [1.807, 2.05) is 30.5 Å². The summed E-state index contributed by atoms with van der Waals surface area (Å²) < 4.78 is 0. The zero-order valence-corrected chi connectivity index (χ0v) is 14.1. The average Bonchev–Trinajstić information content (AvgIpc) is 3.28. The summed E-state index contributed by atoms with van der Waals surface area (Å²) >= 11 is 1.64. The number of nitrogens with one attached hydrogen (secondary N) is 1. The molecule has 2 saturated carbocycles. The fourth-order valence-electron chi connectivity index (χ4n) is 3.91. The topological polar surface area (TPSA) is 66.4 Å². The van der Waals surface area contributed by atoms with E-state index in [4.69, 9.17) is 5.11 Å². The lowest BCUT2D eigenvalue weighted by atomic mass is 10.0. The molecule has 3 unspecified atom stereocenters. The standard InChI is InChI=1S/C18H23NO3S/c1-23-12-8-6-11(7-9-12)15(10-16(20)21)19-18(22)17-13-4-2-3-5-14(13)17/h6-9,13-15,17H,2-5,10H2,1H3,(H,19,22)(H,20,21). The second-order valence-electron chi connectivity index (χ2n) is 6.57. The maximum Gasteiger partial charge on any atom is 0.305 e. The number of amides is 1. The van der Waals surface area contributed by atoms with Gasteiger partial charge in [-0.1, -0.05) is 25.0 Å². The zero-order chi connectivity index (χ0) is 16.4. The van der Waals surface area contributed by atoms with Crippen LogP contribution in [0, 0.1) is 17.8 Å². The van der Waals surface area contributed by atoms with Crippen molar-refractivity contribution in [3.8, 4) is 0 Å². The Morgan fingerprint density at radius 3 is 2.35 bits per heavy atom. The molecule has 0 aromatic heterocycles. The third kappa shape index (κ3) is 3.71. The van der Waals surface area contributed by atoms with Crippen molar-refractivity contribution < 1.29 is 14.7 Å². The highest BCUT2D eigenvalue weighted by Crippen LogP contribution is 2.55. The SMILES string of the molecule is CSc1ccc(C(CC(=O)O)NC(=O)C2C3CCCCC32)cc1. The number of hydrogen-bond acceptors (Lipinski definition) is 3. The first-order valence-electron chi connectivity index (χ1n) is 8.26. The van der Waals surface area contributed by atoms with Gasteiger partial charge in [0.2, 0.25) is 5.91 Å². The van der Waals surface area contributed by atoms with Crippen LogP contribution in [-0.4, -0.2) is 23.2 Å². The molecule has 1 aromatic rings. The van der Waals surface area contributed by atoms with Gasteiger partial charge in [0.1, 0.15) is 0 Å². The van der Waals surface area contributed by atoms with E-state index in [2.05, 4.69) is 5.32 Å². The van der Waals surface area contributed by atoms with Crippen LogP contribution in [0.3, 0.4) is 0 Å². The predicted octanol–water partition coefficient (Wildman–Crippen LogP) is 3.48. The normalized spacial score (nSPS) is 26.9. The van der Waals surface area contributed by atoms with Gasteiger partial charge in [-0.2, -0.15) is 0 Å². The molecule has 0 saturated heterocycles. The molecule has 0 aliphatic heterocycles. The fraction of sp³-hybridized carbons (Fsp3) is 0.556. The van der Waals surface area contributed by atoms with Crippen LogP contribution >= 0.6 is 11.8 Å². The molecule has 23 heavy (non-hydrogen) atoms. The molecule has 2 aliphatic carbocycles. The van der Waals surface area contributed by atoms with Gasteiger partial charge in [0.15, 0.2) is 0 Å². The molecule has 2 aliphatic rings. The zero-order valence-electron chi connectivity index (χ0n) is 13.3. The van der Waals surface area contributed by atoms with Crippen molar-refractivity contribution in [1.29, 1.82) is 0 Å². The van der Waals surface area contributed by atoms with Crippen LogP contribution in [0.2, 0.25) is 0 Å². The Morgan fingerprint density at radius 2 is 1.83 bits per heavy atom. The Hall–Kier alpha value is -1.49.